The molecule has 1 spiro atoms. The number of nitrogens with one attached hydrogen (secondary N) is 1. The number of ketones is 2. The fraction of sp³-hybridized carbons (Fsp3) is 0.833. The Bertz CT molecular complexity index is 339. The molecule has 3 fully saturated rings. The van der Waals surface area contributed by atoms with Gasteiger partial charge in [-0.15, -0.1) is 0 Å². The van der Waals surface area contributed by atoms with E-state index in [1.165, 1.54) is 0 Å². The fourth-order valence-corrected chi connectivity index (χ4v) is 3.24. The van der Waals surface area contributed by atoms with Gasteiger partial charge in [-0.1, -0.05) is 0 Å². The lowest BCUT2D eigenvalue weighted by Gasteiger charge is -2.40. The van der Waals surface area contributed by atoms with Crippen LogP contribution in [0.5, 0.6) is 0 Å². The minimum absolute atomic E-state index is 0.132. The highest BCUT2D eigenvalue weighted by Crippen LogP contribution is 2.40. The van der Waals surface area contributed by atoms with Gasteiger partial charge in [0, 0.05) is 19.4 Å². The van der Waals surface area contributed by atoms with Gasteiger partial charge >= 0.3 is 0 Å². The standard InChI is InChI=1S/C12H17NO3/c14-9-3-1-2-4-10(15)12-6-5-8(16-12)7-13-11(9)12/h8,11,13H,1-7H2. The van der Waals surface area contributed by atoms with Crippen molar-refractivity contribution in [1.82, 2.24) is 5.32 Å². The lowest BCUT2D eigenvalue weighted by Crippen LogP contribution is -2.64. The topological polar surface area (TPSA) is 55.4 Å². The van der Waals surface area contributed by atoms with Gasteiger partial charge in [-0.2, -0.15) is 0 Å². The van der Waals surface area contributed by atoms with Crippen LogP contribution in [0.25, 0.3) is 0 Å². The van der Waals surface area contributed by atoms with E-state index >= 15 is 0 Å². The van der Waals surface area contributed by atoms with Gasteiger partial charge in [0.15, 0.2) is 11.6 Å². The van der Waals surface area contributed by atoms with Crippen LogP contribution in [0.15, 0.2) is 0 Å². The average molecular weight is 223 g/mol. The first-order valence-electron chi connectivity index (χ1n) is 6.19. The summed E-state index contributed by atoms with van der Waals surface area (Å²) in [6.07, 6.45) is 4.57. The van der Waals surface area contributed by atoms with Crippen LogP contribution in [0, 0.1) is 0 Å². The number of carbonyl (C=O) groups excluding carboxylic acids is 2. The molecule has 3 atom stereocenters. The molecule has 0 aromatic carbocycles. The molecule has 2 heterocycles. The van der Waals surface area contributed by atoms with Crippen molar-refractivity contribution in [1.29, 1.82) is 0 Å². The van der Waals surface area contributed by atoms with Gasteiger partial charge in [0.2, 0.25) is 0 Å². The quantitative estimate of drug-likeness (QED) is 0.653. The van der Waals surface area contributed by atoms with E-state index in [1.807, 2.05) is 0 Å². The predicted molar refractivity (Wildman–Crippen MR) is 57.1 cm³/mol. The summed E-state index contributed by atoms with van der Waals surface area (Å²) in [5.74, 6) is 0.300. The number of carbonyl (C=O) groups is 2. The Morgan fingerprint density at radius 3 is 2.94 bits per heavy atom. The number of hydrogen-bond acceptors (Lipinski definition) is 4. The molecular formula is C12H17NO3. The highest BCUT2D eigenvalue weighted by atomic mass is 16.5. The zero-order chi connectivity index (χ0) is 11.2. The number of Topliss-reactive ketones (excluding diaryl/α,β-unsaturated/α-hetero) is 2. The van der Waals surface area contributed by atoms with E-state index in [-0.39, 0.29) is 23.7 Å². The van der Waals surface area contributed by atoms with Crippen molar-refractivity contribution >= 4 is 11.6 Å². The van der Waals surface area contributed by atoms with E-state index in [0.717, 1.165) is 25.7 Å². The molecule has 88 valence electrons. The van der Waals surface area contributed by atoms with Crippen LogP contribution in [-0.2, 0) is 14.3 Å². The Morgan fingerprint density at radius 2 is 2.06 bits per heavy atom. The van der Waals surface area contributed by atoms with E-state index < -0.39 is 5.60 Å². The molecule has 2 saturated heterocycles. The first-order valence-corrected chi connectivity index (χ1v) is 6.19. The third-order valence-electron chi connectivity index (χ3n) is 4.10. The number of morpholine rings is 1. The Balaban J connectivity index is 1.97. The van der Waals surface area contributed by atoms with Gasteiger partial charge in [0.1, 0.15) is 11.6 Å². The number of rotatable bonds is 0. The lowest BCUT2D eigenvalue weighted by molar-refractivity contribution is -0.160. The smallest absolute Gasteiger partial charge is 0.166 e. The first kappa shape index (κ1) is 10.4. The van der Waals surface area contributed by atoms with Gasteiger partial charge in [-0.05, 0) is 25.7 Å². The molecule has 1 aliphatic carbocycles. The SMILES string of the molecule is O=C1CCCCC(=O)C23CCC(CNC12)O3. The van der Waals surface area contributed by atoms with Gasteiger partial charge in [-0.25, -0.2) is 0 Å². The highest BCUT2D eigenvalue weighted by molar-refractivity contribution is 5.98. The summed E-state index contributed by atoms with van der Waals surface area (Å²) < 4.78 is 5.87. The Morgan fingerprint density at radius 1 is 1.25 bits per heavy atom. The van der Waals surface area contributed by atoms with Crippen LogP contribution in [-0.4, -0.2) is 35.9 Å². The van der Waals surface area contributed by atoms with Crippen molar-refractivity contribution in [3.05, 3.63) is 0 Å². The maximum Gasteiger partial charge on any atom is 0.166 e. The second kappa shape index (κ2) is 3.64. The largest absolute Gasteiger partial charge is 0.361 e. The fourth-order valence-electron chi connectivity index (χ4n) is 3.24. The molecule has 1 saturated carbocycles. The van der Waals surface area contributed by atoms with Crippen molar-refractivity contribution in [2.24, 2.45) is 0 Å². The number of hydrogen-bond donors (Lipinski definition) is 1. The van der Waals surface area contributed by atoms with Crippen LogP contribution in [0.1, 0.15) is 38.5 Å². The first-order chi connectivity index (χ1) is 7.72. The van der Waals surface area contributed by atoms with E-state index in [2.05, 4.69) is 5.32 Å². The molecule has 4 nitrogen and oxygen atoms in total. The van der Waals surface area contributed by atoms with Crippen LogP contribution in [0.4, 0.5) is 0 Å². The normalized spacial score (nSPS) is 43.8. The number of fused-ring (bicyclic) bond motifs is 1. The third-order valence-corrected chi connectivity index (χ3v) is 4.10. The maximum absolute atomic E-state index is 12.2. The maximum atomic E-state index is 12.2. The zero-order valence-corrected chi connectivity index (χ0v) is 9.33. The Kier molecular flexibility index (Phi) is 2.37. The van der Waals surface area contributed by atoms with Crippen LogP contribution < -0.4 is 5.32 Å². The van der Waals surface area contributed by atoms with Crippen LogP contribution >= 0.6 is 0 Å². The summed E-state index contributed by atoms with van der Waals surface area (Å²) in [6.45, 7) is 0.714. The number of ether oxygens (including phenoxy) is 1. The second-order valence-electron chi connectivity index (χ2n) is 5.11. The lowest BCUT2D eigenvalue weighted by atomic mass is 9.79. The van der Waals surface area contributed by atoms with Crippen LogP contribution in [0.3, 0.4) is 0 Å². The summed E-state index contributed by atoms with van der Waals surface area (Å²) in [5, 5.41) is 3.23. The van der Waals surface area contributed by atoms with E-state index in [9.17, 15) is 9.59 Å². The highest BCUT2D eigenvalue weighted by Gasteiger charge is 2.56. The summed E-state index contributed by atoms with van der Waals surface area (Å²) in [6, 6.07) is -0.376. The average Bonchev–Trinajstić information content (AvgIpc) is 2.62. The van der Waals surface area contributed by atoms with Gasteiger partial charge in [0.25, 0.3) is 0 Å². The molecule has 3 rings (SSSR count). The molecule has 3 aliphatic rings. The monoisotopic (exact) mass is 223 g/mol. The summed E-state index contributed by atoms with van der Waals surface area (Å²) >= 11 is 0. The zero-order valence-electron chi connectivity index (χ0n) is 9.33. The molecule has 0 aromatic rings. The minimum atomic E-state index is -0.805. The predicted octanol–water partition coefficient (Wildman–Crippen LogP) is 0.588. The van der Waals surface area contributed by atoms with Gasteiger partial charge < -0.3 is 10.1 Å². The molecule has 0 amide bonds. The summed E-state index contributed by atoms with van der Waals surface area (Å²) in [4.78, 5) is 24.2. The minimum Gasteiger partial charge on any atom is -0.361 e. The second-order valence-corrected chi connectivity index (χ2v) is 5.11. The molecule has 3 unspecified atom stereocenters. The molecule has 0 aromatic heterocycles. The van der Waals surface area contributed by atoms with Crippen molar-refractivity contribution < 1.29 is 14.3 Å². The molecular weight excluding hydrogens is 206 g/mol. The van der Waals surface area contributed by atoms with Gasteiger partial charge in [-0.3, -0.25) is 9.59 Å². The molecule has 2 bridgehead atoms. The van der Waals surface area contributed by atoms with Crippen molar-refractivity contribution in [3.8, 4) is 0 Å². The van der Waals surface area contributed by atoms with Crippen LogP contribution in [0.2, 0.25) is 0 Å². The van der Waals surface area contributed by atoms with E-state index in [1.54, 1.807) is 0 Å². The Hall–Kier alpha value is -0.740. The summed E-state index contributed by atoms with van der Waals surface area (Å²) in [7, 11) is 0. The van der Waals surface area contributed by atoms with E-state index in [4.69, 9.17) is 4.74 Å². The molecule has 16 heavy (non-hydrogen) atoms. The Labute approximate surface area is 94.7 Å². The van der Waals surface area contributed by atoms with Gasteiger partial charge in [0.05, 0.1) is 6.10 Å². The third kappa shape index (κ3) is 1.36. The molecule has 2 aliphatic heterocycles. The molecule has 0 radical (unpaired) electrons. The van der Waals surface area contributed by atoms with Crippen molar-refractivity contribution in [2.45, 2.75) is 56.3 Å². The van der Waals surface area contributed by atoms with E-state index in [0.29, 0.717) is 19.4 Å². The molecule has 4 heteroatoms. The summed E-state index contributed by atoms with van der Waals surface area (Å²) in [5.41, 5.74) is -0.805. The molecule has 1 N–H and O–H groups in total. The van der Waals surface area contributed by atoms with Crippen molar-refractivity contribution in [2.75, 3.05) is 6.54 Å². The van der Waals surface area contributed by atoms with Crippen molar-refractivity contribution in [3.63, 3.8) is 0 Å².